The van der Waals surface area contributed by atoms with E-state index in [-0.39, 0.29) is 0 Å². The fourth-order valence-corrected chi connectivity index (χ4v) is 1.71. The van der Waals surface area contributed by atoms with Crippen LogP contribution >= 0.6 is 0 Å². The lowest BCUT2D eigenvalue weighted by molar-refractivity contribution is 0.0768. The molecule has 4 nitrogen and oxygen atoms in total. The van der Waals surface area contributed by atoms with E-state index in [0.717, 1.165) is 6.54 Å². The molecule has 1 aliphatic rings. The Kier molecular flexibility index (Phi) is 3.10. The lowest BCUT2D eigenvalue weighted by Gasteiger charge is -2.37. The molecule has 2 rings (SSSR count). The Labute approximate surface area is 95.0 Å². The maximum atomic E-state index is 11.0. The summed E-state index contributed by atoms with van der Waals surface area (Å²) in [6.45, 7) is 1.80. The van der Waals surface area contributed by atoms with Crippen LogP contribution in [0.15, 0.2) is 24.3 Å². The first kappa shape index (κ1) is 11.0. The van der Waals surface area contributed by atoms with Crippen molar-refractivity contribution in [1.29, 1.82) is 0 Å². The van der Waals surface area contributed by atoms with Gasteiger partial charge in [-0.1, -0.05) is 6.07 Å². The SMILES string of the molecule is CN1CCC1COc1cccc(C(N)=O)c1. The molecule has 1 aliphatic heterocycles. The Morgan fingerprint density at radius 3 is 3.00 bits per heavy atom. The number of rotatable bonds is 4. The summed E-state index contributed by atoms with van der Waals surface area (Å²) in [6.07, 6.45) is 1.17. The zero-order chi connectivity index (χ0) is 11.5. The minimum absolute atomic E-state index is 0.425. The first-order valence-corrected chi connectivity index (χ1v) is 5.40. The van der Waals surface area contributed by atoms with E-state index in [1.54, 1.807) is 18.2 Å². The standard InChI is InChI=1S/C12H16N2O2/c1-14-6-5-10(14)8-16-11-4-2-3-9(7-11)12(13)15/h2-4,7,10H,5-6,8H2,1H3,(H2,13,15). The highest BCUT2D eigenvalue weighted by Gasteiger charge is 2.24. The molecule has 0 radical (unpaired) electrons. The molecule has 1 heterocycles. The highest BCUT2D eigenvalue weighted by atomic mass is 16.5. The summed E-state index contributed by atoms with van der Waals surface area (Å²) in [7, 11) is 2.08. The van der Waals surface area contributed by atoms with Crippen LogP contribution in [0, 0.1) is 0 Å². The molecule has 0 saturated carbocycles. The van der Waals surface area contributed by atoms with E-state index < -0.39 is 5.91 Å². The van der Waals surface area contributed by atoms with Crippen molar-refractivity contribution in [2.75, 3.05) is 20.2 Å². The minimum atomic E-state index is -0.425. The van der Waals surface area contributed by atoms with Crippen LogP contribution in [0.25, 0.3) is 0 Å². The Hall–Kier alpha value is -1.55. The van der Waals surface area contributed by atoms with Crippen LogP contribution < -0.4 is 10.5 Å². The van der Waals surface area contributed by atoms with Crippen molar-refractivity contribution in [2.24, 2.45) is 5.73 Å². The second-order valence-electron chi connectivity index (χ2n) is 4.13. The average Bonchev–Trinajstić information content (AvgIpc) is 2.27. The predicted molar refractivity (Wildman–Crippen MR) is 61.5 cm³/mol. The molecule has 1 fully saturated rings. The Morgan fingerprint density at radius 2 is 2.44 bits per heavy atom. The Balaban J connectivity index is 1.93. The van der Waals surface area contributed by atoms with Gasteiger partial charge in [0.2, 0.25) is 5.91 Å². The second-order valence-corrected chi connectivity index (χ2v) is 4.13. The van der Waals surface area contributed by atoms with Gasteiger partial charge in [-0.25, -0.2) is 0 Å². The van der Waals surface area contributed by atoms with Crippen LogP contribution in [0.1, 0.15) is 16.8 Å². The zero-order valence-corrected chi connectivity index (χ0v) is 9.35. The Morgan fingerprint density at radius 1 is 1.62 bits per heavy atom. The van der Waals surface area contributed by atoms with Crippen molar-refractivity contribution in [2.45, 2.75) is 12.5 Å². The number of amides is 1. The smallest absolute Gasteiger partial charge is 0.248 e. The second kappa shape index (κ2) is 4.53. The van der Waals surface area contributed by atoms with E-state index in [1.807, 2.05) is 6.07 Å². The fourth-order valence-electron chi connectivity index (χ4n) is 1.71. The first-order valence-electron chi connectivity index (χ1n) is 5.40. The van der Waals surface area contributed by atoms with E-state index in [2.05, 4.69) is 11.9 Å². The quantitative estimate of drug-likeness (QED) is 0.819. The lowest BCUT2D eigenvalue weighted by atomic mass is 10.1. The summed E-state index contributed by atoms with van der Waals surface area (Å²) in [5, 5.41) is 0. The molecule has 0 aromatic heterocycles. The van der Waals surface area contributed by atoms with Gasteiger partial charge in [0, 0.05) is 11.6 Å². The van der Waals surface area contributed by atoms with Crippen molar-refractivity contribution in [3.8, 4) is 5.75 Å². The Bertz CT molecular complexity index is 392. The van der Waals surface area contributed by atoms with Gasteiger partial charge in [0.25, 0.3) is 0 Å². The molecule has 1 amide bonds. The molecule has 86 valence electrons. The number of hydrogen-bond acceptors (Lipinski definition) is 3. The highest BCUT2D eigenvalue weighted by Crippen LogP contribution is 2.18. The van der Waals surface area contributed by atoms with Crippen LogP contribution in [-0.4, -0.2) is 37.0 Å². The third-order valence-corrected chi connectivity index (χ3v) is 3.00. The normalized spacial score (nSPS) is 20.2. The highest BCUT2D eigenvalue weighted by molar-refractivity contribution is 5.93. The monoisotopic (exact) mass is 220 g/mol. The predicted octanol–water partition coefficient (Wildman–Crippen LogP) is 0.868. The van der Waals surface area contributed by atoms with Gasteiger partial charge in [-0.2, -0.15) is 0 Å². The molecular formula is C12H16N2O2. The number of nitrogens with two attached hydrogens (primary N) is 1. The number of ether oxygens (including phenoxy) is 1. The van der Waals surface area contributed by atoms with Gasteiger partial charge in [-0.3, -0.25) is 9.69 Å². The summed E-state index contributed by atoms with van der Waals surface area (Å²) < 4.78 is 5.62. The number of likely N-dealkylation sites (tertiary alicyclic amines) is 1. The molecule has 16 heavy (non-hydrogen) atoms. The molecule has 2 N–H and O–H groups in total. The minimum Gasteiger partial charge on any atom is -0.492 e. The summed E-state index contributed by atoms with van der Waals surface area (Å²) in [4.78, 5) is 13.2. The van der Waals surface area contributed by atoms with Crippen molar-refractivity contribution >= 4 is 5.91 Å². The fraction of sp³-hybridized carbons (Fsp3) is 0.417. The van der Waals surface area contributed by atoms with E-state index in [9.17, 15) is 4.79 Å². The summed E-state index contributed by atoms with van der Waals surface area (Å²) in [6, 6.07) is 7.48. The molecular weight excluding hydrogens is 204 g/mol. The number of benzene rings is 1. The molecule has 1 saturated heterocycles. The van der Waals surface area contributed by atoms with Crippen LogP contribution in [0.4, 0.5) is 0 Å². The average molecular weight is 220 g/mol. The van der Waals surface area contributed by atoms with Gasteiger partial charge in [-0.15, -0.1) is 0 Å². The topological polar surface area (TPSA) is 55.6 Å². The van der Waals surface area contributed by atoms with Gasteiger partial charge < -0.3 is 10.5 Å². The number of likely N-dealkylation sites (N-methyl/N-ethyl adjacent to an activating group) is 1. The molecule has 0 aliphatic carbocycles. The number of nitrogens with zero attached hydrogens (tertiary/aromatic N) is 1. The summed E-state index contributed by atoms with van der Waals surface area (Å²) in [5.41, 5.74) is 5.68. The van der Waals surface area contributed by atoms with Crippen molar-refractivity contribution in [3.05, 3.63) is 29.8 Å². The van der Waals surface area contributed by atoms with Gasteiger partial charge in [-0.05, 0) is 38.2 Å². The molecule has 1 unspecified atom stereocenters. The number of carbonyl (C=O) groups excluding carboxylic acids is 1. The molecule has 1 aromatic rings. The lowest BCUT2D eigenvalue weighted by Crippen LogP contribution is -2.48. The maximum Gasteiger partial charge on any atom is 0.248 e. The van der Waals surface area contributed by atoms with Gasteiger partial charge in [0.15, 0.2) is 0 Å². The number of primary amides is 1. The van der Waals surface area contributed by atoms with E-state index in [0.29, 0.717) is 24.0 Å². The summed E-state index contributed by atoms with van der Waals surface area (Å²) in [5.74, 6) is 0.280. The van der Waals surface area contributed by atoms with Crippen LogP contribution in [0.5, 0.6) is 5.75 Å². The molecule has 0 spiro atoms. The van der Waals surface area contributed by atoms with Crippen LogP contribution in [-0.2, 0) is 0 Å². The molecule has 1 aromatic carbocycles. The van der Waals surface area contributed by atoms with E-state index >= 15 is 0 Å². The van der Waals surface area contributed by atoms with Crippen molar-refractivity contribution in [1.82, 2.24) is 4.90 Å². The first-order chi connectivity index (χ1) is 7.66. The van der Waals surface area contributed by atoms with Gasteiger partial charge in [0.05, 0.1) is 0 Å². The summed E-state index contributed by atoms with van der Waals surface area (Å²) >= 11 is 0. The van der Waals surface area contributed by atoms with Gasteiger partial charge >= 0.3 is 0 Å². The number of hydrogen-bond donors (Lipinski definition) is 1. The number of carbonyl (C=O) groups is 1. The zero-order valence-electron chi connectivity index (χ0n) is 9.35. The van der Waals surface area contributed by atoms with Gasteiger partial charge in [0.1, 0.15) is 12.4 Å². The van der Waals surface area contributed by atoms with Crippen LogP contribution in [0.3, 0.4) is 0 Å². The van der Waals surface area contributed by atoms with E-state index in [1.165, 1.54) is 6.42 Å². The third-order valence-electron chi connectivity index (χ3n) is 3.00. The third kappa shape index (κ3) is 2.33. The van der Waals surface area contributed by atoms with E-state index in [4.69, 9.17) is 10.5 Å². The molecule has 4 heteroatoms. The van der Waals surface area contributed by atoms with Crippen LogP contribution in [0.2, 0.25) is 0 Å². The molecule has 0 bridgehead atoms. The molecule has 1 atom stereocenters. The maximum absolute atomic E-state index is 11.0. The largest absolute Gasteiger partial charge is 0.492 e. The van der Waals surface area contributed by atoms with Crippen molar-refractivity contribution < 1.29 is 9.53 Å². The van der Waals surface area contributed by atoms with Crippen molar-refractivity contribution in [3.63, 3.8) is 0 Å².